The van der Waals surface area contributed by atoms with Gasteiger partial charge in [0.25, 0.3) is 0 Å². The fourth-order valence-corrected chi connectivity index (χ4v) is 2.99. The van der Waals surface area contributed by atoms with Crippen LogP contribution in [0.2, 0.25) is 0 Å². The monoisotopic (exact) mass is 325 g/mol. The highest BCUT2D eigenvalue weighted by atomic mass is 79.9. The van der Waals surface area contributed by atoms with E-state index < -0.39 is 5.60 Å². The van der Waals surface area contributed by atoms with E-state index in [0.29, 0.717) is 6.54 Å². The molecule has 2 rings (SSSR count). The predicted molar refractivity (Wildman–Crippen MR) is 79.2 cm³/mol. The SMILES string of the molecule is Cc1cc(Br)c2c(c1)CCN(C(=O)OC(C)(C)C)C2. The largest absolute Gasteiger partial charge is 0.444 e. The van der Waals surface area contributed by atoms with Crippen LogP contribution < -0.4 is 0 Å². The van der Waals surface area contributed by atoms with E-state index in [0.717, 1.165) is 17.4 Å². The maximum Gasteiger partial charge on any atom is 0.410 e. The summed E-state index contributed by atoms with van der Waals surface area (Å²) in [6.07, 6.45) is 0.653. The Morgan fingerprint density at radius 1 is 1.37 bits per heavy atom. The van der Waals surface area contributed by atoms with Gasteiger partial charge in [0.15, 0.2) is 0 Å². The molecule has 0 fully saturated rings. The summed E-state index contributed by atoms with van der Waals surface area (Å²) >= 11 is 3.59. The molecule has 1 aliphatic heterocycles. The van der Waals surface area contributed by atoms with Crippen LogP contribution in [0, 0.1) is 6.92 Å². The van der Waals surface area contributed by atoms with Crippen LogP contribution in [0.15, 0.2) is 16.6 Å². The molecule has 1 aromatic rings. The highest BCUT2D eigenvalue weighted by Crippen LogP contribution is 2.28. The van der Waals surface area contributed by atoms with E-state index in [9.17, 15) is 4.79 Å². The first kappa shape index (κ1) is 14.4. The standard InChI is InChI=1S/C15H20BrNO2/c1-10-7-11-5-6-17(9-12(11)13(16)8-10)14(18)19-15(2,3)4/h7-8H,5-6,9H2,1-4H3. The van der Waals surface area contributed by atoms with E-state index in [1.165, 1.54) is 16.7 Å². The van der Waals surface area contributed by atoms with Crippen LogP contribution in [0.25, 0.3) is 0 Å². The summed E-state index contributed by atoms with van der Waals surface area (Å²) in [5.41, 5.74) is 3.33. The number of aryl methyl sites for hydroxylation is 1. The molecular formula is C15H20BrNO2. The lowest BCUT2D eigenvalue weighted by atomic mass is 9.98. The Morgan fingerprint density at radius 3 is 2.68 bits per heavy atom. The Balaban J connectivity index is 2.16. The third kappa shape index (κ3) is 3.50. The van der Waals surface area contributed by atoms with Crippen molar-refractivity contribution in [2.75, 3.05) is 6.54 Å². The average molecular weight is 326 g/mol. The van der Waals surface area contributed by atoms with Crippen molar-refractivity contribution in [1.82, 2.24) is 4.90 Å². The normalized spacial score (nSPS) is 15.1. The van der Waals surface area contributed by atoms with E-state index in [1.807, 2.05) is 20.8 Å². The third-order valence-corrected chi connectivity index (χ3v) is 3.79. The molecule has 3 nitrogen and oxygen atoms in total. The van der Waals surface area contributed by atoms with Crippen molar-refractivity contribution in [3.63, 3.8) is 0 Å². The zero-order valence-electron chi connectivity index (χ0n) is 11.9. The molecule has 1 aliphatic rings. The molecule has 0 N–H and O–H groups in total. The van der Waals surface area contributed by atoms with Crippen molar-refractivity contribution in [2.45, 2.75) is 46.3 Å². The number of hydrogen-bond acceptors (Lipinski definition) is 2. The summed E-state index contributed by atoms with van der Waals surface area (Å²) in [6.45, 7) is 9.10. The van der Waals surface area contributed by atoms with E-state index in [4.69, 9.17) is 4.74 Å². The van der Waals surface area contributed by atoms with Crippen molar-refractivity contribution in [2.24, 2.45) is 0 Å². The minimum atomic E-state index is -0.443. The van der Waals surface area contributed by atoms with Crippen molar-refractivity contribution >= 4 is 22.0 Å². The summed E-state index contributed by atoms with van der Waals surface area (Å²) < 4.78 is 6.51. The summed E-state index contributed by atoms with van der Waals surface area (Å²) in [6, 6.07) is 4.30. The van der Waals surface area contributed by atoms with Gasteiger partial charge in [0.2, 0.25) is 0 Å². The van der Waals surface area contributed by atoms with Crippen LogP contribution in [-0.2, 0) is 17.7 Å². The summed E-state index contributed by atoms with van der Waals surface area (Å²) in [4.78, 5) is 13.9. The molecule has 4 heteroatoms. The number of fused-ring (bicyclic) bond motifs is 1. The number of benzene rings is 1. The predicted octanol–water partition coefficient (Wildman–Crippen LogP) is 4.05. The Hall–Kier alpha value is -1.03. The minimum Gasteiger partial charge on any atom is -0.444 e. The van der Waals surface area contributed by atoms with Crippen molar-refractivity contribution in [3.8, 4) is 0 Å². The second-order valence-electron chi connectivity index (χ2n) is 6.04. The van der Waals surface area contributed by atoms with Crippen LogP contribution in [0.3, 0.4) is 0 Å². The summed E-state index contributed by atoms with van der Waals surface area (Å²) in [5, 5.41) is 0. The summed E-state index contributed by atoms with van der Waals surface area (Å²) in [5.74, 6) is 0. The van der Waals surface area contributed by atoms with Crippen LogP contribution >= 0.6 is 15.9 Å². The van der Waals surface area contributed by atoms with Crippen molar-refractivity contribution < 1.29 is 9.53 Å². The Kier molecular flexibility index (Phi) is 3.90. The van der Waals surface area contributed by atoms with Gasteiger partial charge in [-0.05, 0) is 56.9 Å². The summed E-state index contributed by atoms with van der Waals surface area (Å²) in [7, 11) is 0. The van der Waals surface area contributed by atoms with Gasteiger partial charge in [0.05, 0.1) is 6.54 Å². The molecule has 0 aromatic heterocycles. The fraction of sp³-hybridized carbons (Fsp3) is 0.533. The molecule has 0 saturated carbocycles. The van der Waals surface area contributed by atoms with Gasteiger partial charge in [-0.15, -0.1) is 0 Å². The molecule has 0 radical (unpaired) electrons. The molecule has 1 amide bonds. The highest BCUT2D eigenvalue weighted by molar-refractivity contribution is 9.10. The third-order valence-electron chi connectivity index (χ3n) is 3.08. The number of nitrogens with zero attached hydrogens (tertiary/aromatic N) is 1. The zero-order chi connectivity index (χ0) is 14.2. The second-order valence-corrected chi connectivity index (χ2v) is 6.89. The molecular weight excluding hydrogens is 306 g/mol. The van der Waals surface area contributed by atoms with E-state index in [1.54, 1.807) is 4.90 Å². The minimum absolute atomic E-state index is 0.231. The molecule has 1 heterocycles. The van der Waals surface area contributed by atoms with Crippen LogP contribution in [-0.4, -0.2) is 23.1 Å². The van der Waals surface area contributed by atoms with Gasteiger partial charge in [-0.1, -0.05) is 22.0 Å². The van der Waals surface area contributed by atoms with Gasteiger partial charge in [0.1, 0.15) is 5.60 Å². The maximum absolute atomic E-state index is 12.1. The molecule has 0 aliphatic carbocycles. The second kappa shape index (κ2) is 5.16. The lowest BCUT2D eigenvalue weighted by Crippen LogP contribution is -2.40. The molecule has 0 unspecified atom stereocenters. The van der Waals surface area contributed by atoms with Gasteiger partial charge >= 0.3 is 6.09 Å². The maximum atomic E-state index is 12.1. The number of carbonyl (C=O) groups is 1. The smallest absolute Gasteiger partial charge is 0.410 e. The molecule has 19 heavy (non-hydrogen) atoms. The van der Waals surface area contributed by atoms with Gasteiger partial charge in [-0.25, -0.2) is 4.79 Å². The van der Waals surface area contributed by atoms with Gasteiger partial charge in [0, 0.05) is 11.0 Å². The number of rotatable bonds is 0. The molecule has 104 valence electrons. The van der Waals surface area contributed by atoms with Crippen LogP contribution in [0.1, 0.15) is 37.5 Å². The lowest BCUT2D eigenvalue weighted by Gasteiger charge is -2.31. The zero-order valence-corrected chi connectivity index (χ0v) is 13.5. The Morgan fingerprint density at radius 2 is 2.05 bits per heavy atom. The Bertz CT molecular complexity index is 506. The van der Waals surface area contributed by atoms with E-state index in [2.05, 4.69) is 35.0 Å². The number of halogens is 1. The quantitative estimate of drug-likeness (QED) is 0.720. The first-order valence-corrected chi connectivity index (χ1v) is 7.31. The van der Waals surface area contributed by atoms with Crippen LogP contribution in [0.4, 0.5) is 4.79 Å². The topological polar surface area (TPSA) is 29.5 Å². The molecule has 0 atom stereocenters. The van der Waals surface area contributed by atoms with E-state index >= 15 is 0 Å². The molecule has 0 bridgehead atoms. The first-order valence-electron chi connectivity index (χ1n) is 6.52. The van der Waals surface area contributed by atoms with Gasteiger partial charge in [-0.3, -0.25) is 0 Å². The van der Waals surface area contributed by atoms with Gasteiger partial charge in [-0.2, -0.15) is 0 Å². The number of carbonyl (C=O) groups excluding carboxylic acids is 1. The number of hydrogen-bond donors (Lipinski definition) is 0. The fourth-order valence-electron chi connectivity index (χ4n) is 2.25. The van der Waals surface area contributed by atoms with Crippen molar-refractivity contribution in [3.05, 3.63) is 33.3 Å². The molecule has 0 spiro atoms. The Labute approximate surface area is 123 Å². The first-order chi connectivity index (χ1) is 8.76. The molecule has 1 aromatic carbocycles. The average Bonchev–Trinajstić information content (AvgIpc) is 2.25. The lowest BCUT2D eigenvalue weighted by molar-refractivity contribution is 0.0223. The van der Waals surface area contributed by atoms with E-state index in [-0.39, 0.29) is 6.09 Å². The molecule has 0 saturated heterocycles. The van der Waals surface area contributed by atoms with Crippen molar-refractivity contribution in [1.29, 1.82) is 0 Å². The number of ether oxygens (including phenoxy) is 1. The van der Waals surface area contributed by atoms with Crippen LogP contribution in [0.5, 0.6) is 0 Å². The highest BCUT2D eigenvalue weighted by Gasteiger charge is 2.26. The number of amides is 1. The van der Waals surface area contributed by atoms with Gasteiger partial charge < -0.3 is 9.64 Å².